The standard InChI is InChI=1S/C19H18N2O4/c1-2-25-18(22)19(14-20,12-15-6-4-3-5-7-15)13-16-8-10-17(11-9-16)21(23)24/h3-11H,2,12-13H2,1H3. The Balaban J connectivity index is 2.34. The highest BCUT2D eigenvalue weighted by Crippen LogP contribution is 2.30. The van der Waals surface area contributed by atoms with Crippen LogP contribution in [0.5, 0.6) is 0 Å². The maximum atomic E-state index is 12.5. The van der Waals surface area contributed by atoms with Crippen LogP contribution in [0.15, 0.2) is 54.6 Å². The number of hydrogen-bond acceptors (Lipinski definition) is 5. The van der Waals surface area contributed by atoms with E-state index < -0.39 is 16.3 Å². The van der Waals surface area contributed by atoms with Gasteiger partial charge in [0.15, 0.2) is 5.41 Å². The molecule has 0 N–H and O–H groups in total. The molecule has 0 aliphatic rings. The lowest BCUT2D eigenvalue weighted by atomic mass is 9.77. The number of carbonyl (C=O) groups excluding carboxylic acids is 1. The number of nitro benzene ring substituents is 1. The molecule has 128 valence electrons. The van der Waals surface area contributed by atoms with Crippen LogP contribution in [0, 0.1) is 26.9 Å². The third-order valence-electron chi connectivity index (χ3n) is 3.88. The fraction of sp³-hybridized carbons (Fsp3) is 0.263. The lowest BCUT2D eigenvalue weighted by molar-refractivity contribution is -0.384. The number of esters is 1. The van der Waals surface area contributed by atoms with E-state index in [-0.39, 0.29) is 25.1 Å². The second-order valence-corrected chi connectivity index (χ2v) is 5.68. The molecular formula is C19H18N2O4. The molecule has 0 spiro atoms. The highest BCUT2D eigenvalue weighted by molar-refractivity contribution is 5.81. The Labute approximate surface area is 145 Å². The van der Waals surface area contributed by atoms with Gasteiger partial charge in [-0.1, -0.05) is 42.5 Å². The molecule has 0 aliphatic carbocycles. The summed E-state index contributed by atoms with van der Waals surface area (Å²) in [5.74, 6) is -0.584. The van der Waals surface area contributed by atoms with Gasteiger partial charge in [0.2, 0.25) is 0 Å². The number of hydrogen-bond donors (Lipinski definition) is 0. The third kappa shape index (κ3) is 4.42. The molecule has 2 aromatic rings. The quantitative estimate of drug-likeness (QED) is 0.438. The molecule has 0 fully saturated rings. The topological polar surface area (TPSA) is 93.2 Å². The van der Waals surface area contributed by atoms with E-state index in [0.717, 1.165) is 5.56 Å². The molecule has 6 nitrogen and oxygen atoms in total. The average molecular weight is 338 g/mol. The molecule has 0 bridgehead atoms. The van der Waals surface area contributed by atoms with E-state index in [9.17, 15) is 20.2 Å². The van der Waals surface area contributed by atoms with E-state index in [0.29, 0.717) is 5.56 Å². The minimum Gasteiger partial charge on any atom is -0.465 e. The summed E-state index contributed by atoms with van der Waals surface area (Å²) in [6.07, 6.45) is 0.329. The SMILES string of the molecule is CCOC(=O)C(C#N)(Cc1ccccc1)Cc1ccc([N+](=O)[O-])cc1. The van der Waals surface area contributed by atoms with Gasteiger partial charge in [-0.05, 0) is 18.1 Å². The number of ether oxygens (including phenoxy) is 1. The van der Waals surface area contributed by atoms with Gasteiger partial charge >= 0.3 is 5.97 Å². The minimum atomic E-state index is -1.38. The van der Waals surface area contributed by atoms with Crippen molar-refractivity contribution in [3.63, 3.8) is 0 Å². The molecule has 2 rings (SSSR count). The molecular weight excluding hydrogens is 320 g/mol. The van der Waals surface area contributed by atoms with Gasteiger partial charge in [0.05, 0.1) is 17.6 Å². The van der Waals surface area contributed by atoms with Gasteiger partial charge in [0.1, 0.15) is 0 Å². The molecule has 0 radical (unpaired) electrons. The second-order valence-electron chi connectivity index (χ2n) is 5.68. The van der Waals surface area contributed by atoms with Crippen LogP contribution in [-0.2, 0) is 22.4 Å². The Bertz CT molecular complexity index is 781. The first-order valence-corrected chi connectivity index (χ1v) is 7.86. The van der Waals surface area contributed by atoms with E-state index in [2.05, 4.69) is 6.07 Å². The van der Waals surface area contributed by atoms with Crippen molar-refractivity contribution in [2.24, 2.45) is 5.41 Å². The summed E-state index contributed by atoms with van der Waals surface area (Å²) < 4.78 is 5.13. The Hall–Kier alpha value is -3.20. The van der Waals surface area contributed by atoms with E-state index >= 15 is 0 Å². The minimum absolute atomic E-state index is 0.0366. The van der Waals surface area contributed by atoms with Crippen molar-refractivity contribution in [1.29, 1.82) is 5.26 Å². The maximum Gasteiger partial charge on any atom is 0.327 e. The highest BCUT2D eigenvalue weighted by Gasteiger charge is 2.40. The second kappa shape index (κ2) is 8.06. The Kier molecular flexibility index (Phi) is 5.85. The average Bonchev–Trinajstić information content (AvgIpc) is 2.62. The van der Waals surface area contributed by atoms with Crippen LogP contribution in [0.4, 0.5) is 5.69 Å². The van der Waals surface area contributed by atoms with Gasteiger partial charge in [-0.2, -0.15) is 5.26 Å². The number of nitriles is 1. The van der Waals surface area contributed by atoms with E-state index in [4.69, 9.17) is 4.74 Å². The highest BCUT2D eigenvalue weighted by atomic mass is 16.6. The van der Waals surface area contributed by atoms with Gasteiger partial charge in [0, 0.05) is 25.0 Å². The van der Waals surface area contributed by atoms with Crippen molar-refractivity contribution in [2.75, 3.05) is 6.61 Å². The third-order valence-corrected chi connectivity index (χ3v) is 3.88. The van der Waals surface area contributed by atoms with Gasteiger partial charge in [-0.3, -0.25) is 14.9 Å². The summed E-state index contributed by atoms with van der Waals surface area (Å²) in [5, 5.41) is 20.5. The molecule has 0 aliphatic heterocycles. The first-order valence-electron chi connectivity index (χ1n) is 7.86. The van der Waals surface area contributed by atoms with E-state index in [1.165, 1.54) is 12.1 Å². The zero-order valence-corrected chi connectivity index (χ0v) is 13.8. The fourth-order valence-corrected chi connectivity index (χ4v) is 2.63. The zero-order chi connectivity index (χ0) is 18.3. The van der Waals surface area contributed by atoms with Crippen LogP contribution in [0.1, 0.15) is 18.1 Å². The van der Waals surface area contributed by atoms with Crippen molar-refractivity contribution in [3.05, 3.63) is 75.8 Å². The molecule has 1 unspecified atom stereocenters. The zero-order valence-electron chi connectivity index (χ0n) is 13.8. The van der Waals surface area contributed by atoms with Crippen LogP contribution in [-0.4, -0.2) is 17.5 Å². The summed E-state index contributed by atoms with van der Waals surface area (Å²) in [6, 6.07) is 17.2. The van der Waals surface area contributed by atoms with Crippen LogP contribution in [0.3, 0.4) is 0 Å². The van der Waals surface area contributed by atoms with E-state index in [1.54, 1.807) is 19.1 Å². The van der Waals surface area contributed by atoms with E-state index in [1.807, 2.05) is 30.3 Å². The first kappa shape index (κ1) is 18.1. The number of nitro groups is 1. The van der Waals surface area contributed by atoms with Gasteiger partial charge in [-0.15, -0.1) is 0 Å². The smallest absolute Gasteiger partial charge is 0.327 e. The van der Waals surface area contributed by atoms with Crippen LogP contribution >= 0.6 is 0 Å². The predicted octanol–water partition coefficient (Wildman–Crippen LogP) is 3.45. The number of benzene rings is 2. The molecule has 6 heteroatoms. The normalized spacial score (nSPS) is 12.6. The molecule has 0 amide bonds. The molecule has 0 heterocycles. The van der Waals surface area contributed by atoms with Gasteiger partial charge < -0.3 is 4.74 Å². The maximum absolute atomic E-state index is 12.5. The van der Waals surface area contributed by atoms with Crippen molar-refractivity contribution >= 4 is 11.7 Å². The summed E-state index contributed by atoms with van der Waals surface area (Å²) in [4.78, 5) is 22.8. The fourth-order valence-electron chi connectivity index (χ4n) is 2.63. The molecule has 0 saturated heterocycles. The lowest BCUT2D eigenvalue weighted by Gasteiger charge is -2.24. The summed E-state index contributed by atoms with van der Waals surface area (Å²) in [7, 11) is 0. The number of rotatable bonds is 7. The largest absolute Gasteiger partial charge is 0.465 e. The number of carbonyl (C=O) groups is 1. The van der Waals surface area contributed by atoms with Crippen LogP contribution < -0.4 is 0 Å². The Morgan fingerprint density at radius 3 is 2.16 bits per heavy atom. The summed E-state index contributed by atoms with van der Waals surface area (Å²) in [5.41, 5.74) is 0.0914. The van der Waals surface area contributed by atoms with Crippen molar-refractivity contribution < 1.29 is 14.5 Å². The first-order chi connectivity index (χ1) is 12.0. The van der Waals surface area contributed by atoms with Crippen molar-refractivity contribution in [1.82, 2.24) is 0 Å². The summed E-state index contributed by atoms with van der Waals surface area (Å²) >= 11 is 0. The molecule has 0 saturated carbocycles. The molecule has 0 aromatic heterocycles. The Morgan fingerprint density at radius 2 is 1.68 bits per heavy atom. The molecule has 25 heavy (non-hydrogen) atoms. The number of non-ortho nitro benzene ring substituents is 1. The van der Waals surface area contributed by atoms with Crippen LogP contribution in [0.2, 0.25) is 0 Å². The van der Waals surface area contributed by atoms with Gasteiger partial charge in [0.25, 0.3) is 5.69 Å². The van der Waals surface area contributed by atoms with Crippen LogP contribution in [0.25, 0.3) is 0 Å². The predicted molar refractivity (Wildman–Crippen MR) is 91.6 cm³/mol. The number of nitrogens with zero attached hydrogens (tertiary/aromatic N) is 2. The summed E-state index contributed by atoms with van der Waals surface area (Å²) in [6.45, 7) is 1.87. The van der Waals surface area contributed by atoms with Crippen molar-refractivity contribution in [2.45, 2.75) is 19.8 Å². The van der Waals surface area contributed by atoms with Crippen molar-refractivity contribution in [3.8, 4) is 6.07 Å². The van der Waals surface area contributed by atoms with Gasteiger partial charge in [-0.25, -0.2) is 0 Å². The Morgan fingerprint density at radius 1 is 1.12 bits per heavy atom. The monoisotopic (exact) mass is 338 g/mol. The molecule has 2 aromatic carbocycles. The molecule has 1 atom stereocenters. The lowest BCUT2D eigenvalue weighted by Crippen LogP contribution is -2.36.